The molecule has 31 heteroatoms. The van der Waals surface area contributed by atoms with Gasteiger partial charge in [-0.1, -0.05) is 0 Å². The molecule has 1 saturated heterocycles. The van der Waals surface area contributed by atoms with Crippen molar-refractivity contribution in [3.05, 3.63) is 32.6 Å². The van der Waals surface area contributed by atoms with Gasteiger partial charge >= 0.3 is 5.69 Å². The van der Waals surface area contributed by atoms with Crippen molar-refractivity contribution < 1.29 is 102 Å². The Morgan fingerprint density at radius 2 is 1.20 bits per heavy atom. The topological polar surface area (TPSA) is 355 Å². The van der Waals surface area contributed by atoms with Gasteiger partial charge in [-0.05, 0) is 32.6 Å². The summed E-state index contributed by atoms with van der Waals surface area (Å²) >= 11 is 0. The lowest BCUT2D eigenvalue weighted by atomic mass is 10.2. The van der Waals surface area contributed by atoms with E-state index in [0.717, 1.165) is 16.2 Å². The average molecular weight is 950 g/mol. The molecule has 0 bridgehead atoms. The Labute approximate surface area is 338 Å². The molecule has 0 aromatic carbocycles. The van der Waals surface area contributed by atoms with E-state index in [1.54, 1.807) is 0 Å². The summed E-state index contributed by atoms with van der Waals surface area (Å²) in [4.78, 5) is 86.3. The zero-order valence-electron chi connectivity index (χ0n) is 32.1. The van der Waals surface area contributed by atoms with E-state index >= 15 is 0 Å². The summed E-state index contributed by atoms with van der Waals surface area (Å²) in [5.74, 6) is 2.45. The van der Waals surface area contributed by atoms with Crippen molar-refractivity contribution in [3.8, 4) is 12.3 Å². The Hall–Kier alpha value is -1.29. The lowest BCUT2D eigenvalue weighted by Gasteiger charge is -2.30. The van der Waals surface area contributed by atoms with Crippen LogP contribution in [0, 0.1) is 19.3 Å². The smallest absolute Gasteiger partial charge is 0.333 e. The second kappa shape index (κ2) is 25.7. The number of unbranched alkanes of at least 4 members (excludes halogenated alkanes) is 2. The normalized spacial score (nSPS) is 22.1. The van der Waals surface area contributed by atoms with Gasteiger partial charge in [0, 0.05) is 45.4 Å². The maximum atomic E-state index is 13.4. The molecule has 1 fully saturated rings. The molecule has 1 aliphatic rings. The van der Waals surface area contributed by atoms with Gasteiger partial charge < -0.3 is 79.2 Å². The number of rotatable bonds is 32. The second-order valence-electron chi connectivity index (χ2n) is 11.9. The van der Waals surface area contributed by atoms with Crippen LogP contribution >= 0.6 is 39.1 Å². The molecule has 26 nitrogen and oxygen atoms in total. The highest BCUT2D eigenvalue weighted by atomic mass is 31.2. The summed E-state index contributed by atoms with van der Waals surface area (Å²) in [6.07, 6.45) is 2.18. The van der Waals surface area contributed by atoms with Crippen LogP contribution in [-0.2, 0) is 84.1 Å². The molecule has 0 radical (unpaired) electrons. The van der Waals surface area contributed by atoms with Crippen molar-refractivity contribution in [2.75, 3.05) is 73.7 Å². The third kappa shape index (κ3) is 21.1. The van der Waals surface area contributed by atoms with Crippen LogP contribution < -0.4 is 35.7 Å². The lowest BCUT2D eigenvalue weighted by molar-refractivity contribution is -0.234. The van der Waals surface area contributed by atoms with Crippen LogP contribution in [0.5, 0.6) is 0 Å². The summed E-state index contributed by atoms with van der Waals surface area (Å²) < 4.78 is 118. The number of nitrogens with zero attached hydrogens (tertiary/aromatic N) is 2. The van der Waals surface area contributed by atoms with Gasteiger partial charge in [-0.3, -0.25) is 36.8 Å². The van der Waals surface area contributed by atoms with E-state index in [9.17, 15) is 56.9 Å². The molecule has 8 unspecified atom stereocenters. The van der Waals surface area contributed by atoms with E-state index in [4.69, 9.17) is 29.3 Å². The zero-order chi connectivity index (χ0) is 44.3. The minimum atomic E-state index is -5.31. The molecular formula is C28H46N2O24P5-5. The Bertz CT molecular complexity index is 1870. The van der Waals surface area contributed by atoms with Crippen molar-refractivity contribution in [3.63, 3.8) is 0 Å². The predicted molar refractivity (Wildman–Crippen MR) is 190 cm³/mol. The minimum Gasteiger partial charge on any atom is -0.756 e. The molecule has 342 valence electrons. The van der Waals surface area contributed by atoms with E-state index in [0.29, 0.717) is 19.3 Å². The summed E-state index contributed by atoms with van der Waals surface area (Å²) in [5, 5.41) is 0. The van der Waals surface area contributed by atoms with Crippen LogP contribution in [-0.4, -0.2) is 95.0 Å². The van der Waals surface area contributed by atoms with Gasteiger partial charge in [0.1, 0.15) is 12.3 Å². The first kappa shape index (κ1) is 53.8. The highest BCUT2D eigenvalue weighted by Gasteiger charge is 2.41. The molecule has 1 aromatic heterocycles. The molecule has 59 heavy (non-hydrogen) atoms. The molecule has 0 spiro atoms. The number of aromatic nitrogens is 2. The highest BCUT2D eigenvalue weighted by Crippen LogP contribution is 2.47. The summed E-state index contributed by atoms with van der Waals surface area (Å²) in [5.41, 5.74) is -1.33. The van der Waals surface area contributed by atoms with Crippen molar-refractivity contribution >= 4 is 39.1 Å². The predicted octanol–water partition coefficient (Wildman–Crippen LogP) is -0.658. The van der Waals surface area contributed by atoms with E-state index in [-0.39, 0.29) is 38.2 Å². The third-order valence-electron chi connectivity index (χ3n) is 7.39. The summed E-state index contributed by atoms with van der Waals surface area (Å²) in [6.45, 7) is -3.83. The maximum absolute atomic E-state index is 13.4. The first-order chi connectivity index (χ1) is 27.6. The summed E-state index contributed by atoms with van der Waals surface area (Å²) in [6, 6.07) is 0. The number of methoxy groups -OCH3 is 1. The fourth-order valence-electron chi connectivity index (χ4n) is 4.67. The van der Waals surface area contributed by atoms with Crippen molar-refractivity contribution in [2.45, 2.75) is 70.4 Å². The van der Waals surface area contributed by atoms with Gasteiger partial charge in [0.25, 0.3) is 44.7 Å². The van der Waals surface area contributed by atoms with Gasteiger partial charge in [-0.2, -0.15) is 0 Å². The summed E-state index contributed by atoms with van der Waals surface area (Å²) in [7, 11) is -22.7. The number of aryl methyl sites for hydroxylation is 1. The monoisotopic (exact) mass is 949 g/mol. The minimum absolute atomic E-state index is 0.0101. The number of terminal acetylenes is 1. The standard InChI is InChI=1S/C28H51N2O24P5/c1-5-6-7-8-11-29-27(31)23(2)21-30(28(29)32)26-20-24(25(53-26)22-52-58(39,40)47-14-9-12-45-56(35,36)50-17-16-43-3)54-59(41,42)48-15-10-13-46-57(37,38)51-19-18-49-55(33,34)44-4/h1,21,24-26H,6-20,22H2,2-4H3,(H,33,34)(H,35,36)(H,37,38)(H,39,40)(H,41,42)/p-5. The third-order valence-corrected chi connectivity index (χ3v) is 12.3. The lowest BCUT2D eigenvalue weighted by Crippen LogP contribution is -2.42. The molecule has 1 aromatic rings. The molecule has 8 atom stereocenters. The second-order valence-corrected chi connectivity index (χ2v) is 19.0. The number of hydrogen-bond acceptors (Lipinski definition) is 24. The molecule has 0 N–H and O–H groups in total. The Morgan fingerprint density at radius 3 is 1.73 bits per heavy atom. The number of ether oxygens (including phenoxy) is 2. The molecule has 0 saturated carbocycles. The number of phosphoric ester groups is 5. The zero-order valence-corrected chi connectivity index (χ0v) is 36.6. The largest absolute Gasteiger partial charge is 0.756 e. The molecule has 2 heterocycles. The van der Waals surface area contributed by atoms with Crippen molar-refractivity contribution in [2.24, 2.45) is 0 Å². The van der Waals surface area contributed by atoms with E-state index in [1.807, 2.05) is 0 Å². The van der Waals surface area contributed by atoms with Gasteiger partial charge in [0.2, 0.25) is 0 Å². The quantitative estimate of drug-likeness (QED) is 0.0491. The van der Waals surface area contributed by atoms with Crippen molar-refractivity contribution in [1.29, 1.82) is 0 Å². The van der Waals surface area contributed by atoms with Crippen LogP contribution in [0.3, 0.4) is 0 Å². The molecular weight excluding hydrogens is 903 g/mol. The maximum Gasteiger partial charge on any atom is 0.333 e. The van der Waals surface area contributed by atoms with Crippen LogP contribution in [0.4, 0.5) is 0 Å². The SMILES string of the molecule is C#CCCCCn1c(=O)c(C)cn(C2CC(OP(=O)([O-])OCCCOP(=O)([O-])OCCOP(=O)([O-])OC)C(COP(=O)([O-])OCCCOP(=O)([O-])OCCOC)O2)c1=O. The molecule has 0 amide bonds. The highest BCUT2D eigenvalue weighted by molar-refractivity contribution is 7.47. The first-order valence-corrected chi connectivity index (χ1v) is 24.7. The van der Waals surface area contributed by atoms with Crippen LogP contribution in [0.15, 0.2) is 15.8 Å². The van der Waals surface area contributed by atoms with Gasteiger partial charge in [-0.15, -0.1) is 12.3 Å². The Kier molecular flexibility index (Phi) is 23.5. The average Bonchev–Trinajstić information content (AvgIpc) is 3.54. The number of hydrogen-bond donors (Lipinski definition) is 0. The Balaban J connectivity index is 2.09. The fraction of sp³-hybridized carbons (Fsp3) is 0.786. The molecule has 0 aliphatic carbocycles. The van der Waals surface area contributed by atoms with E-state index < -0.39 is 121 Å². The van der Waals surface area contributed by atoms with Crippen LogP contribution in [0.1, 0.15) is 50.3 Å². The van der Waals surface area contributed by atoms with E-state index in [1.165, 1.54) is 20.2 Å². The van der Waals surface area contributed by atoms with E-state index in [2.05, 4.69) is 37.8 Å². The fourth-order valence-corrected chi connectivity index (χ4v) is 8.25. The van der Waals surface area contributed by atoms with Crippen molar-refractivity contribution in [1.82, 2.24) is 9.13 Å². The Morgan fingerprint density at radius 1 is 0.712 bits per heavy atom. The molecule has 2 rings (SSSR count). The van der Waals surface area contributed by atoms with Crippen LogP contribution in [0.2, 0.25) is 0 Å². The van der Waals surface area contributed by atoms with Gasteiger partial charge in [0.15, 0.2) is 0 Å². The van der Waals surface area contributed by atoms with Gasteiger partial charge in [0.05, 0.1) is 65.6 Å². The first-order valence-electron chi connectivity index (χ1n) is 17.4. The van der Waals surface area contributed by atoms with Gasteiger partial charge in [-0.25, -0.2) is 4.79 Å². The van der Waals surface area contributed by atoms with Crippen LogP contribution in [0.25, 0.3) is 0 Å². The number of phosphoric acid groups is 5. The molecule has 1 aliphatic heterocycles.